The van der Waals surface area contributed by atoms with Crippen molar-refractivity contribution >= 4 is 0 Å². The van der Waals surface area contributed by atoms with Crippen LogP contribution in [-0.4, -0.2) is 11.0 Å². The predicted octanol–water partition coefficient (Wildman–Crippen LogP) is 3.42. The minimum Gasteiger partial charge on any atom is -0.264 e. The van der Waals surface area contributed by atoms with Crippen LogP contribution in [-0.2, 0) is 0 Å². The molecule has 4 nitrogen and oxygen atoms in total. The number of pyridine rings is 1. The molecule has 0 radical (unpaired) electrons. The lowest BCUT2D eigenvalue weighted by molar-refractivity contribution is 0.394. The first-order valence-corrected chi connectivity index (χ1v) is 5.34. The van der Waals surface area contributed by atoms with Crippen molar-refractivity contribution < 1.29 is 0 Å². The summed E-state index contributed by atoms with van der Waals surface area (Å²) in [5.41, 5.74) is 9.67. The van der Waals surface area contributed by atoms with Gasteiger partial charge in [-0.05, 0) is 48.8 Å². The zero-order chi connectivity index (χ0) is 10.5. The van der Waals surface area contributed by atoms with Crippen LogP contribution in [0.2, 0.25) is 0 Å². The second kappa shape index (κ2) is 4.80. The monoisotopic (exact) mass is 202 g/mol. The number of aromatic nitrogens is 1. The molecule has 4 heteroatoms. The van der Waals surface area contributed by atoms with Gasteiger partial charge >= 0.3 is 0 Å². The van der Waals surface area contributed by atoms with Gasteiger partial charge < -0.3 is 0 Å². The molecule has 2 rings (SSSR count). The summed E-state index contributed by atoms with van der Waals surface area (Å²) in [6.45, 7) is 0. The average Bonchev–Trinajstić information content (AvgIpc) is 2.32. The van der Waals surface area contributed by atoms with E-state index in [-0.39, 0.29) is 6.04 Å². The highest BCUT2D eigenvalue weighted by atomic mass is 15.1. The Balaban J connectivity index is 1.97. The molecular formula is C11H14N4. The molecule has 1 aromatic heterocycles. The molecule has 1 aromatic rings. The predicted molar refractivity (Wildman–Crippen MR) is 58.4 cm³/mol. The Morgan fingerprint density at radius 2 is 2.13 bits per heavy atom. The molecule has 0 saturated heterocycles. The molecule has 1 aliphatic carbocycles. The van der Waals surface area contributed by atoms with Gasteiger partial charge in [0.25, 0.3) is 0 Å². The van der Waals surface area contributed by atoms with E-state index in [1.54, 1.807) is 6.20 Å². The third-order valence-electron chi connectivity index (χ3n) is 3.07. The molecule has 1 heterocycles. The molecule has 0 aromatic carbocycles. The molecule has 78 valence electrons. The lowest BCUT2D eigenvalue weighted by atomic mass is 9.83. The Hall–Kier alpha value is -1.54. The lowest BCUT2D eigenvalue weighted by Crippen LogP contribution is -2.15. The minimum atomic E-state index is 0.211. The van der Waals surface area contributed by atoms with Gasteiger partial charge in [-0.1, -0.05) is 11.2 Å². The van der Waals surface area contributed by atoms with Crippen molar-refractivity contribution in [3.8, 4) is 0 Å². The van der Waals surface area contributed by atoms with Crippen LogP contribution in [0.5, 0.6) is 0 Å². The molecule has 1 saturated carbocycles. The molecule has 0 amide bonds. The van der Waals surface area contributed by atoms with E-state index >= 15 is 0 Å². The number of hydrogen-bond donors (Lipinski definition) is 0. The van der Waals surface area contributed by atoms with E-state index in [2.05, 4.69) is 21.1 Å². The first-order valence-electron chi connectivity index (χ1n) is 5.34. The third-order valence-corrected chi connectivity index (χ3v) is 3.07. The quantitative estimate of drug-likeness (QED) is 0.411. The number of azide groups is 1. The summed E-state index contributed by atoms with van der Waals surface area (Å²) in [6.07, 6.45) is 7.96. The first-order chi connectivity index (χ1) is 7.40. The molecule has 0 atom stereocenters. The van der Waals surface area contributed by atoms with Gasteiger partial charge in [-0.25, -0.2) is 0 Å². The summed E-state index contributed by atoms with van der Waals surface area (Å²) < 4.78 is 0. The second-order valence-electron chi connectivity index (χ2n) is 4.00. The largest absolute Gasteiger partial charge is 0.264 e. The van der Waals surface area contributed by atoms with Crippen molar-refractivity contribution in [3.05, 3.63) is 40.5 Å². The highest BCUT2D eigenvalue weighted by molar-refractivity contribution is 5.15. The van der Waals surface area contributed by atoms with Crippen molar-refractivity contribution in [1.82, 2.24) is 4.98 Å². The van der Waals surface area contributed by atoms with E-state index in [1.807, 2.05) is 12.3 Å². The number of hydrogen-bond acceptors (Lipinski definition) is 2. The first kappa shape index (κ1) is 9.99. The fourth-order valence-electron chi connectivity index (χ4n) is 2.22. The van der Waals surface area contributed by atoms with Crippen molar-refractivity contribution in [2.75, 3.05) is 0 Å². The fraction of sp³-hybridized carbons (Fsp3) is 0.545. The van der Waals surface area contributed by atoms with E-state index in [9.17, 15) is 0 Å². The summed E-state index contributed by atoms with van der Waals surface area (Å²) in [6, 6.07) is 4.32. The van der Waals surface area contributed by atoms with Gasteiger partial charge in [0.05, 0.1) is 0 Å². The normalized spacial score (nSPS) is 25.6. The zero-order valence-electron chi connectivity index (χ0n) is 8.58. The van der Waals surface area contributed by atoms with Gasteiger partial charge in [0.2, 0.25) is 0 Å². The summed E-state index contributed by atoms with van der Waals surface area (Å²) >= 11 is 0. The molecule has 0 bridgehead atoms. The Labute approximate surface area is 89.0 Å². The molecule has 1 aliphatic rings. The van der Waals surface area contributed by atoms with Crippen molar-refractivity contribution in [1.29, 1.82) is 0 Å². The Kier molecular flexibility index (Phi) is 3.20. The van der Waals surface area contributed by atoms with Gasteiger partial charge in [-0.3, -0.25) is 4.98 Å². The highest BCUT2D eigenvalue weighted by Gasteiger charge is 2.21. The standard InChI is InChI=1S/C11H14N4/c12-15-14-11-5-3-9(4-6-11)10-2-1-7-13-8-10/h1-2,7-9,11H,3-6H2/t9-,11-. The lowest BCUT2D eigenvalue weighted by Gasteiger charge is -2.25. The summed E-state index contributed by atoms with van der Waals surface area (Å²) in [5, 5.41) is 3.78. The summed E-state index contributed by atoms with van der Waals surface area (Å²) in [7, 11) is 0. The van der Waals surface area contributed by atoms with Crippen LogP contribution in [0.1, 0.15) is 37.2 Å². The maximum Gasteiger partial charge on any atom is 0.0374 e. The number of nitrogens with zero attached hydrogens (tertiary/aromatic N) is 4. The van der Waals surface area contributed by atoms with Crippen LogP contribution in [0.25, 0.3) is 10.4 Å². The summed E-state index contributed by atoms with van der Waals surface area (Å²) in [4.78, 5) is 7.00. The Bertz CT molecular complexity index is 348. The van der Waals surface area contributed by atoms with E-state index in [0.29, 0.717) is 5.92 Å². The topological polar surface area (TPSA) is 61.7 Å². The number of rotatable bonds is 2. The van der Waals surface area contributed by atoms with Crippen LogP contribution >= 0.6 is 0 Å². The van der Waals surface area contributed by atoms with Crippen LogP contribution in [0.3, 0.4) is 0 Å². The van der Waals surface area contributed by atoms with Gasteiger partial charge in [0.1, 0.15) is 0 Å². The van der Waals surface area contributed by atoms with Crippen molar-refractivity contribution in [3.63, 3.8) is 0 Å². The van der Waals surface area contributed by atoms with Gasteiger partial charge in [-0.15, -0.1) is 0 Å². The van der Waals surface area contributed by atoms with Gasteiger partial charge in [0, 0.05) is 23.3 Å². The van der Waals surface area contributed by atoms with Crippen LogP contribution in [0.15, 0.2) is 29.6 Å². The van der Waals surface area contributed by atoms with Gasteiger partial charge in [0.15, 0.2) is 0 Å². The van der Waals surface area contributed by atoms with Crippen molar-refractivity contribution in [2.45, 2.75) is 37.6 Å². The average molecular weight is 202 g/mol. The van der Waals surface area contributed by atoms with E-state index < -0.39 is 0 Å². The molecule has 0 aliphatic heterocycles. The molecule has 1 fully saturated rings. The van der Waals surface area contributed by atoms with Crippen LogP contribution in [0, 0.1) is 0 Å². The molecule has 0 spiro atoms. The van der Waals surface area contributed by atoms with Crippen LogP contribution in [0.4, 0.5) is 0 Å². The maximum atomic E-state index is 8.35. The fourth-order valence-corrected chi connectivity index (χ4v) is 2.22. The maximum absolute atomic E-state index is 8.35. The van der Waals surface area contributed by atoms with E-state index in [0.717, 1.165) is 25.7 Å². The summed E-state index contributed by atoms with van der Waals surface area (Å²) in [5.74, 6) is 0.601. The molecular weight excluding hydrogens is 188 g/mol. The van der Waals surface area contributed by atoms with E-state index in [1.165, 1.54) is 5.56 Å². The molecule has 0 unspecified atom stereocenters. The Morgan fingerprint density at radius 1 is 1.33 bits per heavy atom. The van der Waals surface area contributed by atoms with Crippen molar-refractivity contribution in [2.24, 2.45) is 5.11 Å². The Morgan fingerprint density at radius 3 is 2.73 bits per heavy atom. The van der Waals surface area contributed by atoms with E-state index in [4.69, 9.17) is 5.53 Å². The smallest absolute Gasteiger partial charge is 0.0374 e. The minimum absolute atomic E-state index is 0.211. The SMILES string of the molecule is [N-]=[N+]=N[C@H]1CC[C@H](c2cccnc2)CC1. The zero-order valence-corrected chi connectivity index (χ0v) is 8.58. The molecule has 0 N–H and O–H groups in total. The second-order valence-corrected chi connectivity index (χ2v) is 4.00. The van der Waals surface area contributed by atoms with Crippen LogP contribution < -0.4 is 0 Å². The highest BCUT2D eigenvalue weighted by Crippen LogP contribution is 2.33. The van der Waals surface area contributed by atoms with Gasteiger partial charge in [-0.2, -0.15) is 0 Å². The molecule has 15 heavy (non-hydrogen) atoms. The third kappa shape index (κ3) is 2.48.